The summed E-state index contributed by atoms with van der Waals surface area (Å²) in [6.07, 6.45) is 0. The molecule has 0 heterocycles. The lowest BCUT2D eigenvalue weighted by molar-refractivity contribution is -0.124. The minimum Gasteiger partial charge on any atom is -0.481 e. The predicted octanol–water partition coefficient (Wildman–Crippen LogP) is 0.826. The molecule has 1 amide bonds. The molecule has 0 aliphatic rings. The van der Waals surface area contributed by atoms with Crippen molar-refractivity contribution >= 4 is 21.8 Å². The first-order valence-electron chi connectivity index (χ1n) is 5.52. The highest BCUT2D eigenvalue weighted by molar-refractivity contribution is 9.10. The van der Waals surface area contributed by atoms with Crippen LogP contribution in [0.4, 0.5) is 4.39 Å². The summed E-state index contributed by atoms with van der Waals surface area (Å²) in [6.45, 7) is 0.409. The van der Waals surface area contributed by atoms with E-state index < -0.39 is 23.9 Å². The summed E-state index contributed by atoms with van der Waals surface area (Å²) in [6, 6.07) is 4.22. The summed E-state index contributed by atoms with van der Waals surface area (Å²) in [4.78, 5) is 11.4. The Morgan fingerprint density at radius 1 is 1.58 bits per heavy atom. The molecular weight excluding hydrogens is 321 g/mol. The van der Waals surface area contributed by atoms with Gasteiger partial charge in [0.05, 0.1) is 6.61 Å². The molecule has 1 unspecified atom stereocenters. The third-order valence-corrected chi connectivity index (χ3v) is 2.75. The number of carbonyl (C=O) groups excluding carboxylic acids is 1. The fraction of sp³-hybridized carbons (Fsp3) is 0.417. The molecule has 0 aliphatic carbocycles. The Morgan fingerprint density at radius 3 is 2.84 bits per heavy atom. The summed E-state index contributed by atoms with van der Waals surface area (Å²) in [7, 11) is 0. The molecule has 0 radical (unpaired) electrons. The van der Waals surface area contributed by atoms with Crippen LogP contribution in [0, 0.1) is 5.82 Å². The molecule has 0 saturated carbocycles. The molecule has 19 heavy (non-hydrogen) atoms. The SMILES string of the molecule is CC(O)(CO)CNC(=O)COc1ccc(Br)cc1F. The van der Waals surface area contributed by atoms with Crippen LogP contribution in [-0.4, -0.2) is 41.5 Å². The van der Waals surface area contributed by atoms with Crippen LogP contribution in [0.5, 0.6) is 5.75 Å². The zero-order chi connectivity index (χ0) is 14.5. The van der Waals surface area contributed by atoms with Crippen LogP contribution in [-0.2, 0) is 4.79 Å². The third kappa shape index (κ3) is 5.54. The summed E-state index contributed by atoms with van der Waals surface area (Å²) >= 11 is 3.10. The number of aliphatic hydroxyl groups is 2. The zero-order valence-electron chi connectivity index (χ0n) is 10.3. The van der Waals surface area contributed by atoms with E-state index in [0.717, 1.165) is 0 Å². The van der Waals surface area contributed by atoms with E-state index in [1.807, 2.05) is 0 Å². The van der Waals surface area contributed by atoms with Crippen molar-refractivity contribution < 1.29 is 24.1 Å². The average Bonchev–Trinajstić information content (AvgIpc) is 2.35. The Hall–Kier alpha value is -1.18. The van der Waals surface area contributed by atoms with Gasteiger partial charge in [-0.15, -0.1) is 0 Å². The van der Waals surface area contributed by atoms with E-state index in [0.29, 0.717) is 4.47 Å². The van der Waals surface area contributed by atoms with E-state index in [-0.39, 0.29) is 18.9 Å². The predicted molar refractivity (Wildman–Crippen MR) is 70.3 cm³/mol. The van der Waals surface area contributed by atoms with Gasteiger partial charge in [-0.3, -0.25) is 4.79 Å². The van der Waals surface area contributed by atoms with E-state index in [9.17, 15) is 14.3 Å². The van der Waals surface area contributed by atoms with Crippen molar-refractivity contribution in [3.8, 4) is 5.75 Å². The van der Waals surface area contributed by atoms with Gasteiger partial charge < -0.3 is 20.3 Å². The molecule has 3 N–H and O–H groups in total. The van der Waals surface area contributed by atoms with Crippen molar-refractivity contribution in [2.24, 2.45) is 0 Å². The second-order valence-electron chi connectivity index (χ2n) is 4.30. The Kier molecular flexibility index (Phi) is 5.71. The van der Waals surface area contributed by atoms with Gasteiger partial charge in [0.2, 0.25) is 0 Å². The molecule has 5 nitrogen and oxygen atoms in total. The maximum atomic E-state index is 13.4. The minimum atomic E-state index is -1.39. The highest BCUT2D eigenvalue weighted by Gasteiger charge is 2.19. The molecule has 0 spiro atoms. The maximum Gasteiger partial charge on any atom is 0.258 e. The Balaban J connectivity index is 2.42. The summed E-state index contributed by atoms with van der Waals surface area (Å²) in [5.74, 6) is -1.13. The number of carbonyl (C=O) groups is 1. The van der Waals surface area contributed by atoms with Crippen LogP contribution in [0.2, 0.25) is 0 Å². The highest BCUT2D eigenvalue weighted by atomic mass is 79.9. The van der Waals surface area contributed by atoms with Gasteiger partial charge in [-0.1, -0.05) is 15.9 Å². The summed E-state index contributed by atoms with van der Waals surface area (Å²) in [5.41, 5.74) is -1.39. The molecule has 0 aliphatic heterocycles. The first-order chi connectivity index (χ1) is 8.84. The molecule has 0 bridgehead atoms. The van der Waals surface area contributed by atoms with Gasteiger partial charge in [-0.25, -0.2) is 4.39 Å². The van der Waals surface area contributed by atoms with Gasteiger partial charge in [-0.05, 0) is 25.1 Å². The van der Waals surface area contributed by atoms with Gasteiger partial charge in [0.1, 0.15) is 5.60 Å². The molecule has 7 heteroatoms. The zero-order valence-corrected chi connectivity index (χ0v) is 11.9. The van der Waals surface area contributed by atoms with Crippen LogP contribution in [0.15, 0.2) is 22.7 Å². The summed E-state index contributed by atoms with van der Waals surface area (Å²) in [5, 5.41) is 20.6. The van der Waals surface area contributed by atoms with Crippen molar-refractivity contribution in [3.63, 3.8) is 0 Å². The maximum absolute atomic E-state index is 13.4. The minimum absolute atomic E-state index is 0.0349. The fourth-order valence-corrected chi connectivity index (χ4v) is 1.46. The largest absolute Gasteiger partial charge is 0.481 e. The second-order valence-corrected chi connectivity index (χ2v) is 5.21. The Bertz CT molecular complexity index is 453. The van der Waals surface area contributed by atoms with Crippen molar-refractivity contribution in [3.05, 3.63) is 28.5 Å². The molecule has 1 aromatic carbocycles. The number of hydrogen-bond acceptors (Lipinski definition) is 4. The van der Waals surface area contributed by atoms with Crippen molar-refractivity contribution in [2.75, 3.05) is 19.8 Å². The number of benzene rings is 1. The number of amides is 1. The number of aliphatic hydroxyl groups excluding tert-OH is 1. The molecule has 1 atom stereocenters. The van der Waals surface area contributed by atoms with Crippen LogP contribution in [0.25, 0.3) is 0 Å². The average molecular weight is 336 g/mol. The number of ether oxygens (including phenoxy) is 1. The van der Waals surface area contributed by atoms with Crippen molar-refractivity contribution in [1.29, 1.82) is 0 Å². The number of hydrogen-bond donors (Lipinski definition) is 3. The summed E-state index contributed by atoms with van der Waals surface area (Å²) < 4.78 is 18.9. The lowest BCUT2D eigenvalue weighted by atomic mass is 10.1. The third-order valence-electron chi connectivity index (χ3n) is 2.26. The normalized spacial score (nSPS) is 13.7. The van der Waals surface area contributed by atoms with E-state index in [4.69, 9.17) is 9.84 Å². The van der Waals surface area contributed by atoms with Crippen LogP contribution >= 0.6 is 15.9 Å². The monoisotopic (exact) mass is 335 g/mol. The molecule has 1 aromatic rings. The fourth-order valence-electron chi connectivity index (χ4n) is 1.13. The van der Waals surface area contributed by atoms with E-state index >= 15 is 0 Å². The molecular formula is C12H15BrFNO4. The first-order valence-corrected chi connectivity index (χ1v) is 6.31. The molecule has 1 rings (SSSR count). The van der Waals surface area contributed by atoms with E-state index in [2.05, 4.69) is 21.2 Å². The number of nitrogens with one attached hydrogen (secondary N) is 1. The van der Waals surface area contributed by atoms with Gasteiger partial charge >= 0.3 is 0 Å². The lowest BCUT2D eigenvalue weighted by Gasteiger charge is -2.20. The quantitative estimate of drug-likeness (QED) is 0.719. The molecule has 0 fully saturated rings. The molecule has 0 aromatic heterocycles. The van der Waals surface area contributed by atoms with Gasteiger partial charge in [0, 0.05) is 11.0 Å². The first kappa shape index (κ1) is 15.9. The van der Waals surface area contributed by atoms with Crippen molar-refractivity contribution in [2.45, 2.75) is 12.5 Å². The van der Waals surface area contributed by atoms with Crippen LogP contribution < -0.4 is 10.1 Å². The van der Waals surface area contributed by atoms with Gasteiger partial charge in [-0.2, -0.15) is 0 Å². The molecule has 0 saturated heterocycles. The standard InChI is InChI=1S/C12H15BrFNO4/c1-12(18,7-16)6-15-11(17)5-19-10-3-2-8(13)4-9(10)14/h2-4,16,18H,5-7H2,1H3,(H,15,17). The van der Waals surface area contributed by atoms with Gasteiger partial charge in [0.15, 0.2) is 18.2 Å². The lowest BCUT2D eigenvalue weighted by Crippen LogP contribution is -2.44. The smallest absolute Gasteiger partial charge is 0.258 e. The number of halogens is 2. The number of rotatable bonds is 6. The van der Waals surface area contributed by atoms with Crippen molar-refractivity contribution in [1.82, 2.24) is 5.32 Å². The second kappa shape index (κ2) is 6.83. The van der Waals surface area contributed by atoms with Crippen LogP contribution in [0.3, 0.4) is 0 Å². The van der Waals surface area contributed by atoms with Gasteiger partial charge in [0.25, 0.3) is 5.91 Å². The Morgan fingerprint density at radius 2 is 2.26 bits per heavy atom. The molecule has 106 valence electrons. The highest BCUT2D eigenvalue weighted by Crippen LogP contribution is 2.21. The topological polar surface area (TPSA) is 78.8 Å². The van der Waals surface area contributed by atoms with E-state index in [1.165, 1.54) is 19.1 Å². The Labute approximate surface area is 118 Å². The van der Waals surface area contributed by atoms with E-state index in [1.54, 1.807) is 6.07 Å². The van der Waals surface area contributed by atoms with Crippen LogP contribution in [0.1, 0.15) is 6.92 Å².